The summed E-state index contributed by atoms with van der Waals surface area (Å²) in [6.07, 6.45) is 0. The average Bonchev–Trinajstić information content (AvgIpc) is 2.61. The quantitative estimate of drug-likeness (QED) is 0.463. The van der Waals surface area contributed by atoms with Gasteiger partial charge in [-0.3, -0.25) is 13.6 Å². The Hall–Kier alpha value is -2.51. The highest BCUT2D eigenvalue weighted by Gasteiger charge is 2.43. The topological polar surface area (TPSA) is 27.7 Å². The molecule has 3 rings (SSSR count). The molecule has 3 aromatic carbocycles. The third-order valence-corrected chi connectivity index (χ3v) is 5.50. The largest absolute Gasteiger partial charge is 0.538 e. The van der Waals surface area contributed by atoms with Gasteiger partial charge in [-0.25, -0.2) is 0 Å². The monoisotopic (exact) mass is 367 g/mol. The van der Waals surface area contributed by atoms with Gasteiger partial charge in [0.05, 0.1) is 0 Å². The molecule has 3 nitrogen and oxygen atoms in total. The first-order valence-electron chi connectivity index (χ1n) is 8.57. The summed E-state index contributed by atoms with van der Waals surface area (Å²) in [7, 11) is -2.68. The van der Waals surface area contributed by atoms with Crippen LogP contribution in [-0.4, -0.2) is 6.66 Å². The lowest BCUT2D eigenvalue weighted by atomic mass is 10.2. The van der Waals surface area contributed by atoms with Crippen molar-refractivity contribution in [1.82, 2.24) is 0 Å². The van der Waals surface area contributed by atoms with Gasteiger partial charge in [0.25, 0.3) is 0 Å². The minimum absolute atomic E-state index is 0.727. The van der Waals surface area contributed by atoms with E-state index in [9.17, 15) is 0 Å². The smallest absolute Gasteiger partial charge is 0.272 e. The Balaban J connectivity index is 1.86. The molecule has 0 radical (unpaired) electrons. The number of rotatable bonds is 6. The summed E-state index contributed by atoms with van der Waals surface area (Å²) < 4.78 is 18.6. The minimum atomic E-state index is -2.68. The molecule has 0 aliphatic heterocycles. The van der Waals surface area contributed by atoms with Crippen LogP contribution < -0.4 is 13.6 Å². The fraction of sp³-hybridized carbons (Fsp3) is 0.182. The molecular formula is C22H24O3P+. The first-order chi connectivity index (χ1) is 12.4. The Morgan fingerprint density at radius 3 is 0.923 bits per heavy atom. The van der Waals surface area contributed by atoms with Crippen molar-refractivity contribution < 1.29 is 13.6 Å². The molecule has 26 heavy (non-hydrogen) atoms. The number of hydrogen-bond donors (Lipinski definition) is 0. The fourth-order valence-corrected chi connectivity index (χ4v) is 4.05. The van der Waals surface area contributed by atoms with Crippen LogP contribution in [0.25, 0.3) is 0 Å². The van der Waals surface area contributed by atoms with Crippen LogP contribution >= 0.6 is 7.94 Å². The predicted octanol–water partition coefficient (Wildman–Crippen LogP) is 6.54. The van der Waals surface area contributed by atoms with E-state index < -0.39 is 7.94 Å². The van der Waals surface area contributed by atoms with E-state index in [1.165, 1.54) is 16.7 Å². The summed E-state index contributed by atoms with van der Waals surface area (Å²) in [4.78, 5) is 0. The van der Waals surface area contributed by atoms with Gasteiger partial charge in [0, 0.05) is 0 Å². The van der Waals surface area contributed by atoms with Gasteiger partial charge in [-0.15, -0.1) is 0 Å². The van der Waals surface area contributed by atoms with E-state index in [1.54, 1.807) is 0 Å². The zero-order chi connectivity index (χ0) is 18.6. The Morgan fingerprint density at radius 1 is 0.462 bits per heavy atom. The van der Waals surface area contributed by atoms with E-state index in [1.807, 2.05) is 100 Å². The van der Waals surface area contributed by atoms with Gasteiger partial charge in [-0.1, -0.05) is 53.1 Å². The summed E-state index contributed by atoms with van der Waals surface area (Å²) in [6.45, 7) is 8.02. The van der Waals surface area contributed by atoms with Crippen LogP contribution in [0.3, 0.4) is 0 Å². The molecule has 0 saturated carbocycles. The van der Waals surface area contributed by atoms with Gasteiger partial charge in [0.2, 0.25) is 0 Å². The number of aryl methyl sites for hydroxylation is 3. The molecule has 0 aliphatic carbocycles. The molecule has 0 bridgehead atoms. The zero-order valence-corrected chi connectivity index (χ0v) is 16.5. The highest BCUT2D eigenvalue weighted by Crippen LogP contribution is 2.57. The molecule has 0 aliphatic rings. The van der Waals surface area contributed by atoms with Crippen LogP contribution in [0.4, 0.5) is 0 Å². The molecule has 0 spiro atoms. The lowest BCUT2D eigenvalue weighted by Crippen LogP contribution is -2.14. The average molecular weight is 367 g/mol. The van der Waals surface area contributed by atoms with Gasteiger partial charge in [0.1, 0.15) is 0 Å². The molecule has 0 aromatic heterocycles. The number of hydrogen-bond acceptors (Lipinski definition) is 3. The summed E-state index contributed by atoms with van der Waals surface area (Å²) in [5.41, 5.74) is 3.53. The molecule has 0 heterocycles. The standard InChI is InChI=1S/C22H24O3P/c1-17-5-11-20(12-6-17)23-26(4,24-21-13-7-18(2)8-14-21)25-22-15-9-19(3)10-16-22/h5-16H,1-4H3/q+1. The van der Waals surface area contributed by atoms with Crippen LogP contribution in [0.2, 0.25) is 0 Å². The lowest BCUT2D eigenvalue weighted by Gasteiger charge is -2.20. The second kappa shape index (κ2) is 7.80. The maximum Gasteiger partial charge on any atom is 0.538 e. The highest BCUT2D eigenvalue weighted by molar-refractivity contribution is 7.62. The third-order valence-electron chi connectivity index (χ3n) is 3.88. The molecule has 0 atom stereocenters. The Bertz CT molecular complexity index is 724. The summed E-state index contributed by atoms with van der Waals surface area (Å²) in [5.74, 6) is 2.18. The SMILES string of the molecule is Cc1ccc(O[P+](C)(Oc2ccc(C)cc2)Oc2ccc(C)cc2)cc1. The first-order valence-corrected chi connectivity index (χ1v) is 10.6. The van der Waals surface area contributed by atoms with Crippen molar-refractivity contribution in [3.05, 3.63) is 89.5 Å². The molecule has 3 aromatic rings. The van der Waals surface area contributed by atoms with Crippen molar-refractivity contribution in [2.75, 3.05) is 6.66 Å². The normalized spacial score (nSPS) is 11.1. The van der Waals surface area contributed by atoms with Crippen LogP contribution in [0.5, 0.6) is 17.2 Å². The van der Waals surface area contributed by atoms with Gasteiger partial charge in [0.15, 0.2) is 23.9 Å². The molecule has 0 amide bonds. The molecule has 0 saturated heterocycles. The maximum atomic E-state index is 6.19. The Kier molecular flexibility index (Phi) is 5.49. The Morgan fingerprint density at radius 2 is 0.692 bits per heavy atom. The fourth-order valence-electron chi connectivity index (χ4n) is 2.43. The second-order valence-electron chi connectivity index (χ2n) is 6.48. The summed E-state index contributed by atoms with van der Waals surface area (Å²) >= 11 is 0. The van der Waals surface area contributed by atoms with E-state index in [2.05, 4.69) is 0 Å². The maximum absolute atomic E-state index is 6.19. The zero-order valence-electron chi connectivity index (χ0n) is 15.6. The predicted molar refractivity (Wildman–Crippen MR) is 108 cm³/mol. The minimum Gasteiger partial charge on any atom is -0.272 e. The van der Waals surface area contributed by atoms with E-state index in [4.69, 9.17) is 13.6 Å². The molecule has 0 fully saturated rings. The van der Waals surface area contributed by atoms with Gasteiger partial charge in [-0.05, 0) is 57.2 Å². The van der Waals surface area contributed by atoms with Crippen molar-refractivity contribution in [2.45, 2.75) is 20.8 Å². The van der Waals surface area contributed by atoms with Crippen molar-refractivity contribution >= 4 is 7.94 Å². The Labute approximate surface area is 156 Å². The summed E-state index contributed by atoms with van der Waals surface area (Å²) in [5, 5.41) is 0. The van der Waals surface area contributed by atoms with Crippen molar-refractivity contribution in [3.63, 3.8) is 0 Å². The van der Waals surface area contributed by atoms with Gasteiger partial charge < -0.3 is 0 Å². The van der Waals surface area contributed by atoms with Crippen LogP contribution in [0.15, 0.2) is 72.8 Å². The molecule has 0 unspecified atom stereocenters. The van der Waals surface area contributed by atoms with Crippen molar-refractivity contribution in [1.29, 1.82) is 0 Å². The molecule has 0 N–H and O–H groups in total. The molecule has 4 heteroatoms. The molecule has 134 valence electrons. The van der Waals surface area contributed by atoms with Crippen LogP contribution in [0.1, 0.15) is 16.7 Å². The van der Waals surface area contributed by atoms with Crippen LogP contribution in [0, 0.1) is 20.8 Å². The van der Waals surface area contributed by atoms with Crippen molar-refractivity contribution in [3.8, 4) is 17.2 Å². The van der Waals surface area contributed by atoms with E-state index in [0.29, 0.717) is 0 Å². The number of benzene rings is 3. The van der Waals surface area contributed by atoms with E-state index >= 15 is 0 Å². The first kappa shape index (κ1) is 18.3. The third kappa shape index (κ3) is 5.00. The van der Waals surface area contributed by atoms with E-state index in [0.717, 1.165) is 17.2 Å². The van der Waals surface area contributed by atoms with E-state index in [-0.39, 0.29) is 0 Å². The van der Waals surface area contributed by atoms with Crippen LogP contribution in [-0.2, 0) is 0 Å². The van der Waals surface area contributed by atoms with Gasteiger partial charge >= 0.3 is 7.94 Å². The molecular weight excluding hydrogens is 343 g/mol. The summed E-state index contributed by atoms with van der Waals surface area (Å²) in [6, 6.07) is 23.7. The van der Waals surface area contributed by atoms with Gasteiger partial charge in [-0.2, -0.15) is 0 Å². The van der Waals surface area contributed by atoms with Crippen molar-refractivity contribution in [2.24, 2.45) is 0 Å². The highest BCUT2D eigenvalue weighted by atomic mass is 31.2. The lowest BCUT2D eigenvalue weighted by molar-refractivity contribution is 0.362. The second-order valence-corrected chi connectivity index (χ2v) is 8.57.